The second-order valence-corrected chi connectivity index (χ2v) is 5.79. The molecule has 0 bridgehead atoms. The van der Waals surface area contributed by atoms with Crippen molar-refractivity contribution in [2.24, 2.45) is 12.5 Å². The van der Waals surface area contributed by atoms with Gasteiger partial charge in [-0.1, -0.05) is 25.1 Å². The van der Waals surface area contributed by atoms with Gasteiger partial charge in [-0.2, -0.15) is 5.10 Å². The molecule has 1 atom stereocenters. The molecule has 1 fully saturated rings. The summed E-state index contributed by atoms with van der Waals surface area (Å²) in [6.07, 6.45) is 3.34. The maximum atomic E-state index is 11.5. The zero-order chi connectivity index (χ0) is 12.8. The van der Waals surface area contributed by atoms with Crippen LogP contribution in [-0.2, 0) is 18.3 Å². The number of hydrogen-bond donors (Lipinski definition) is 0. The molecule has 2 aromatic rings. The molecule has 0 spiro atoms. The van der Waals surface area contributed by atoms with Gasteiger partial charge >= 0.3 is 0 Å². The van der Waals surface area contributed by atoms with E-state index in [-0.39, 0.29) is 5.41 Å². The van der Waals surface area contributed by atoms with Crippen molar-refractivity contribution in [3.8, 4) is 0 Å². The lowest BCUT2D eigenvalue weighted by Gasteiger charge is -2.21. The normalized spacial score (nSPS) is 24.0. The number of fused-ring (bicyclic) bond motifs is 1. The molecule has 1 aliphatic rings. The molecule has 3 heteroatoms. The van der Waals surface area contributed by atoms with Crippen LogP contribution in [-0.4, -0.2) is 15.6 Å². The second kappa shape index (κ2) is 3.94. The molecule has 1 unspecified atom stereocenters. The Morgan fingerprint density at radius 2 is 2.17 bits per heavy atom. The highest BCUT2D eigenvalue weighted by atomic mass is 16.1. The minimum atomic E-state index is 0.105. The Bertz CT molecular complexity index is 614. The summed E-state index contributed by atoms with van der Waals surface area (Å²) >= 11 is 0. The Morgan fingerprint density at radius 3 is 2.89 bits per heavy atom. The van der Waals surface area contributed by atoms with Gasteiger partial charge in [0, 0.05) is 25.3 Å². The van der Waals surface area contributed by atoms with Gasteiger partial charge in [0.1, 0.15) is 5.78 Å². The quantitative estimate of drug-likeness (QED) is 0.811. The summed E-state index contributed by atoms with van der Waals surface area (Å²) in [5, 5.41) is 5.85. The van der Waals surface area contributed by atoms with Crippen LogP contribution < -0.4 is 0 Å². The van der Waals surface area contributed by atoms with Gasteiger partial charge in [0.05, 0.1) is 11.2 Å². The lowest BCUT2D eigenvalue weighted by atomic mass is 9.83. The molecule has 0 amide bonds. The monoisotopic (exact) mass is 242 g/mol. The SMILES string of the molecule is Cn1nc(CC2(C)CCC(=O)C2)c2ccccc21. The van der Waals surface area contributed by atoms with E-state index in [2.05, 4.69) is 30.2 Å². The van der Waals surface area contributed by atoms with Crippen LogP contribution in [0.2, 0.25) is 0 Å². The molecule has 3 rings (SSSR count). The Balaban J connectivity index is 1.98. The molecule has 1 aliphatic carbocycles. The summed E-state index contributed by atoms with van der Waals surface area (Å²) in [5.41, 5.74) is 2.40. The van der Waals surface area contributed by atoms with Gasteiger partial charge in [0.15, 0.2) is 0 Å². The zero-order valence-corrected chi connectivity index (χ0v) is 10.9. The number of benzene rings is 1. The third-order valence-electron chi connectivity index (χ3n) is 4.06. The summed E-state index contributed by atoms with van der Waals surface area (Å²) in [5.74, 6) is 0.401. The number of Topliss-reactive ketones (excluding diaryl/α,β-unsaturated/α-hetero) is 1. The number of ketones is 1. The molecule has 94 valence electrons. The van der Waals surface area contributed by atoms with Gasteiger partial charge in [-0.3, -0.25) is 9.48 Å². The number of rotatable bonds is 2. The maximum Gasteiger partial charge on any atom is 0.133 e. The first-order valence-electron chi connectivity index (χ1n) is 6.50. The van der Waals surface area contributed by atoms with Crippen molar-refractivity contribution >= 4 is 16.7 Å². The largest absolute Gasteiger partial charge is 0.300 e. The van der Waals surface area contributed by atoms with Crippen LogP contribution >= 0.6 is 0 Å². The highest BCUT2D eigenvalue weighted by Crippen LogP contribution is 2.39. The summed E-state index contributed by atoms with van der Waals surface area (Å²) in [7, 11) is 1.98. The number of hydrogen-bond acceptors (Lipinski definition) is 2. The fourth-order valence-electron chi connectivity index (χ4n) is 3.07. The van der Waals surface area contributed by atoms with E-state index in [1.165, 1.54) is 10.9 Å². The number of aromatic nitrogens is 2. The van der Waals surface area contributed by atoms with E-state index < -0.39 is 0 Å². The van der Waals surface area contributed by atoms with Crippen molar-refractivity contribution in [3.63, 3.8) is 0 Å². The number of nitrogens with zero attached hydrogens (tertiary/aromatic N) is 2. The van der Waals surface area contributed by atoms with Crippen molar-refractivity contribution < 1.29 is 4.79 Å². The van der Waals surface area contributed by atoms with E-state index in [4.69, 9.17) is 0 Å². The average molecular weight is 242 g/mol. The molecule has 0 N–H and O–H groups in total. The van der Waals surface area contributed by atoms with Gasteiger partial charge < -0.3 is 0 Å². The molecule has 18 heavy (non-hydrogen) atoms. The molecule has 3 nitrogen and oxygen atoms in total. The van der Waals surface area contributed by atoms with Gasteiger partial charge in [-0.05, 0) is 24.3 Å². The third kappa shape index (κ3) is 1.84. The Labute approximate surface area is 107 Å². The van der Waals surface area contributed by atoms with Crippen LogP contribution in [0.5, 0.6) is 0 Å². The molecule has 1 aromatic carbocycles. The lowest BCUT2D eigenvalue weighted by molar-refractivity contribution is -0.117. The van der Waals surface area contributed by atoms with E-state index in [1.54, 1.807) is 0 Å². The second-order valence-electron chi connectivity index (χ2n) is 5.79. The third-order valence-corrected chi connectivity index (χ3v) is 4.06. The van der Waals surface area contributed by atoms with Gasteiger partial charge in [-0.25, -0.2) is 0 Å². The molecular weight excluding hydrogens is 224 g/mol. The van der Waals surface area contributed by atoms with Crippen molar-refractivity contribution in [1.29, 1.82) is 0 Å². The zero-order valence-electron chi connectivity index (χ0n) is 10.9. The predicted molar refractivity (Wildman–Crippen MR) is 71.4 cm³/mol. The highest BCUT2D eigenvalue weighted by Gasteiger charge is 2.35. The molecule has 0 radical (unpaired) electrons. The smallest absolute Gasteiger partial charge is 0.133 e. The fraction of sp³-hybridized carbons (Fsp3) is 0.467. The van der Waals surface area contributed by atoms with Crippen LogP contribution in [0.3, 0.4) is 0 Å². The average Bonchev–Trinajstić information content (AvgIpc) is 2.82. The predicted octanol–water partition coefficient (Wildman–Crippen LogP) is 2.88. The van der Waals surface area contributed by atoms with Gasteiger partial charge in [0.25, 0.3) is 0 Å². The van der Waals surface area contributed by atoms with Crippen molar-refractivity contribution in [2.75, 3.05) is 0 Å². The van der Waals surface area contributed by atoms with Crippen LogP contribution in [0, 0.1) is 5.41 Å². The van der Waals surface area contributed by atoms with Crippen molar-refractivity contribution in [3.05, 3.63) is 30.0 Å². The topological polar surface area (TPSA) is 34.9 Å². The summed E-state index contributed by atoms with van der Waals surface area (Å²) in [6, 6.07) is 8.30. The first-order chi connectivity index (χ1) is 8.57. The number of carbonyl (C=O) groups is 1. The van der Waals surface area contributed by atoms with Crippen LogP contribution in [0.15, 0.2) is 24.3 Å². The number of carbonyl (C=O) groups excluding carboxylic acids is 1. The molecular formula is C15H18N2O. The van der Waals surface area contributed by atoms with Gasteiger partial charge in [-0.15, -0.1) is 0 Å². The first-order valence-corrected chi connectivity index (χ1v) is 6.50. The Kier molecular flexibility index (Phi) is 2.51. The van der Waals surface area contributed by atoms with E-state index in [1.807, 2.05) is 17.8 Å². The van der Waals surface area contributed by atoms with E-state index in [0.29, 0.717) is 12.2 Å². The Morgan fingerprint density at radius 1 is 1.39 bits per heavy atom. The summed E-state index contributed by atoms with van der Waals surface area (Å²) in [6.45, 7) is 2.21. The molecule has 0 saturated heterocycles. The summed E-state index contributed by atoms with van der Waals surface area (Å²) < 4.78 is 1.94. The summed E-state index contributed by atoms with van der Waals surface area (Å²) in [4.78, 5) is 11.5. The Hall–Kier alpha value is -1.64. The standard InChI is InChI=1S/C15H18N2O/c1-15(8-7-11(18)9-15)10-13-12-5-3-4-6-14(12)17(2)16-13/h3-6H,7-10H2,1-2H3. The maximum absolute atomic E-state index is 11.5. The van der Waals surface area contributed by atoms with E-state index >= 15 is 0 Å². The number of para-hydroxylation sites is 1. The fourth-order valence-corrected chi connectivity index (χ4v) is 3.07. The van der Waals surface area contributed by atoms with Crippen molar-refractivity contribution in [1.82, 2.24) is 9.78 Å². The van der Waals surface area contributed by atoms with Crippen LogP contribution in [0.4, 0.5) is 0 Å². The lowest BCUT2D eigenvalue weighted by Crippen LogP contribution is -2.16. The molecule has 1 aromatic heterocycles. The highest BCUT2D eigenvalue weighted by molar-refractivity contribution is 5.83. The van der Waals surface area contributed by atoms with Crippen LogP contribution in [0.1, 0.15) is 31.9 Å². The van der Waals surface area contributed by atoms with Gasteiger partial charge in [0.2, 0.25) is 0 Å². The van der Waals surface area contributed by atoms with E-state index in [0.717, 1.165) is 25.0 Å². The first kappa shape index (κ1) is 11.5. The number of aryl methyl sites for hydroxylation is 1. The molecule has 1 heterocycles. The molecule has 0 aliphatic heterocycles. The minimum absolute atomic E-state index is 0.105. The van der Waals surface area contributed by atoms with E-state index in [9.17, 15) is 4.79 Å². The minimum Gasteiger partial charge on any atom is -0.300 e. The molecule has 1 saturated carbocycles. The van der Waals surface area contributed by atoms with Crippen molar-refractivity contribution in [2.45, 2.75) is 32.6 Å². The van der Waals surface area contributed by atoms with Crippen LogP contribution in [0.25, 0.3) is 10.9 Å².